The van der Waals surface area contributed by atoms with Crippen LogP contribution in [-0.4, -0.2) is 37.1 Å². The Morgan fingerprint density at radius 3 is 2.94 bits per heavy atom. The van der Waals surface area contributed by atoms with E-state index < -0.39 is 5.82 Å². The van der Waals surface area contributed by atoms with Crippen LogP contribution in [-0.2, 0) is 4.74 Å². The largest absolute Gasteiger partial charge is 0.380 e. The zero-order valence-corrected chi connectivity index (χ0v) is 11.0. The summed E-state index contributed by atoms with van der Waals surface area (Å²) in [4.78, 5) is 13.8. The van der Waals surface area contributed by atoms with E-state index in [0.717, 1.165) is 6.42 Å². The molecule has 0 aliphatic carbocycles. The number of hydrogen-bond acceptors (Lipinski definition) is 2. The number of benzene rings is 1. The summed E-state index contributed by atoms with van der Waals surface area (Å²) in [5, 5.41) is 0. The average molecular weight is 302 g/mol. The number of carbonyl (C=O) groups excluding carboxylic acids is 1. The van der Waals surface area contributed by atoms with Gasteiger partial charge < -0.3 is 9.64 Å². The fourth-order valence-electron chi connectivity index (χ4n) is 1.97. The van der Waals surface area contributed by atoms with Crippen LogP contribution in [0.3, 0.4) is 0 Å². The van der Waals surface area contributed by atoms with Gasteiger partial charge in [0.2, 0.25) is 0 Å². The first kappa shape index (κ1) is 12.5. The molecule has 0 spiro atoms. The highest BCUT2D eigenvalue weighted by molar-refractivity contribution is 9.10. The number of carbonyl (C=O) groups is 1. The molecule has 2 rings (SSSR count). The number of amides is 1. The van der Waals surface area contributed by atoms with Crippen LogP contribution in [0, 0.1) is 5.82 Å². The molecule has 92 valence electrons. The highest BCUT2D eigenvalue weighted by atomic mass is 79.9. The van der Waals surface area contributed by atoms with Crippen molar-refractivity contribution in [3.63, 3.8) is 0 Å². The number of ether oxygens (including phenoxy) is 1. The Hall–Kier alpha value is -0.940. The molecule has 0 bridgehead atoms. The highest BCUT2D eigenvalue weighted by Gasteiger charge is 2.29. The molecular weight excluding hydrogens is 289 g/mol. The lowest BCUT2D eigenvalue weighted by molar-refractivity contribution is 0.0719. The summed E-state index contributed by atoms with van der Waals surface area (Å²) in [5.41, 5.74) is 0.101. The second-order valence-corrected chi connectivity index (χ2v) is 4.85. The van der Waals surface area contributed by atoms with Gasteiger partial charge in [-0.3, -0.25) is 4.79 Å². The molecule has 1 aliphatic rings. The van der Waals surface area contributed by atoms with Crippen LogP contribution < -0.4 is 0 Å². The Labute approximate surface area is 108 Å². The first-order valence-electron chi connectivity index (χ1n) is 5.39. The Bertz CT molecular complexity index is 418. The standard InChI is InChI=1S/C12H13BrFNO2/c1-17-8-5-6-15(7-8)12(16)11-9(13)3-2-4-10(11)14/h2-4,8H,5-7H2,1H3. The van der Waals surface area contributed by atoms with E-state index in [1.807, 2.05) is 0 Å². The molecule has 3 nitrogen and oxygen atoms in total. The zero-order valence-electron chi connectivity index (χ0n) is 9.45. The summed E-state index contributed by atoms with van der Waals surface area (Å²) in [6, 6.07) is 4.53. The molecule has 0 radical (unpaired) electrons. The van der Waals surface area contributed by atoms with Gasteiger partial charge in [0, 0.05) is 24.7 Å². The fraction of sp³-hybridized carbons (Fsp3) is 0.417. The zero-order chi connectivity index (χ0) is 12.4. The van der Waals surface area contributed by atoms with Crippen LogP contribution in [0.15, 0.2) is 22.7 Å². The second-order valence-electron chi connectivity index (χ2n) is 3.99. The van der Waals surface area contributed by atoms with Crippen molar-refractivity contribution in [1.82, 2.24) is 4.90 Å². The highest BCUT2D eigenvalue weighted by Crippen LogP contribution is 2.23. The first-order chi connectivity index (χ1) is 8.13. The monoisotopic (exact) mass is 301 g/mol. The van der Waals surface area contributed by atoms with E-state index in [1.165, 1.54) is 6.07 Å². The molecule has 1 amide bonds. The lowest BCUT2D eigenvalue weighted by Crippen LogP contribution is -2.30. The smallest absolute Gasteiger partial charge is 0.258 e. The molecule has 0 N–H and O–H groups in total. The van der Waals surface area contributed by atoms with Gasteiger partial charge in [-0.2, -0.15) is 0 Å². The van der Waals surface area contributed by atoms with Crippen LogP contribution in [0.1, 0.15) is 16.8 Å². The summed E-state index contributed by atoms with van der Waals surface area (Å²) in [7, 11) is 1.62. The SMILES string of the molecule is COC1CCN(C(=O)c2c(F)cccc2Br)C1. The van der Waals surface area contributed by atoms with Gasteiger partial charge in [0.25, 0.3) is 5.91 Å². The summed E-state index contributed by atoms with van der Waals surface area (Å²) in [5.74, 6) is -0.778. The maximum atomic E-state index is 13.6. The van der Waals surface area contributed by atoms with Gasteiger partial charge in [-0.25, -0.2) is 4.39 Å². The topological polar surface area (TPSA) is 29.5 Å². The van der Waals surface area contributed by atoms with Gasteiger partial charge in [-0.05, 0) is 34.5 Å². The normalized spacial score (nSPS) is 19.7. The molecular formula is C12H13BrFNO2. The van der Waals surface area contributed by atoms with Gasteiger partial charge in [-0.1, -0.05) is 6.07 Å². The molecule has 0 aromatic heterocycles. The van der Waals surface area contributed by atoms with Crippen molar-refractivity contribution < 1.29 is 13.9 Å². The van der Waals surface area contributed by atoms with Crippen LogP contribution in [0.4, 0.5) is 4.39 Å². The first-order valence-corrected chi connectivity index (χ1v) is 6.19. The third-order valence-corrected chi connectivity index (χ3v) is 3.60. The van der Waals surface area contributed by atoms with Crippen LogP contribution >= 0.6 is 15.9 Å². The Balaban J connectivity index is 2.21. The van der Waals surface area contributed by atoms with E-state index in [2.05, 4.69) is 15.9 Å². The molecule has 17 heavy (non-hydrogen) atoms. The summed E-state index contributed by atoms with van der Waals surface area (Å²) >= 11 is 3.21. The number of likely N-dealkylation sites (tertiary alicyclic amines) is 1. The third-order valence-electron chi connectivity index (χ3n) is 2.94. The number of nitrogens with zero attached hydrogens (tertiary/aromatic N) is 1. The molecule has 1 aliphatic heterocycles. The molecule has 5 heteroatoms. The van der Waals surface area contributed by atoms with Gasteiger partial charge in [0.05, 0.1) is 11.7 Å². The number of hydrogen-bond donors (Lipinski definition) is 0. The number of rotatable bonds is 2. The maximum Gasteiger partial charge on any atom is 0.258 e. The second kappa shape index (κ2) is 5.14. The van der Waals surface area contributed by atoms with E-state index in [4.69, 9.17) is 4.74 Å². The minimum Gasteiger partial charge on any atom is -0.380 e. The molecule has 1 aromatic rings. The van der Waals surface area contributed by atoms with E-state index >= 15 is 0 Å². The summed E-state index contributed by atoms with van der Waals surface area (Å²) < 4.78 is 19.3. The van der Waals surface area contributed by atoms with E-state index in [0.29, 0.717) is 17.6 Å². The predicted octanol–water partition coefficient (Wildman–Crippen LogP) is 2.45. The molecule has 1 unspecified atom stereocenters. The molecule has 1 atom stereocenters. The Kier molecular flexibility index (Phi) is 3.79. The van der Waals surface area contributed by atoms with Crippen molar-refractivity contribution in [1.29, 1.82) is 0 Å². The molecule has 1 fully saturated rings. The summed E-state index contributed by atoms with van der Waals surface area (Å²) in [6.07, 6.45) is 0.860. The van der Waals surface area contributed by atoms with Crippen molar-refractivity contribution in [2.45, 2.75) is 12.5 Å². The predicted molar refractivity (Wildman–Crippen MR) is 65.4 cm³/mol. The fourth-order valence-corrected chi connectivity index (χ4v) is 2.48. The minimum atomic E-state index is -0.495. The maximum absolute atomic E-state index is 13.6. The third kappa shape index (κ3) is 2.50. The lowest BCUT2D eigenvalue weighted by Gasteiger charge is -2.17. The Morgan fingerprint density at radius 2 is 2.35 bits per heavy atom. The molecule has 1 aromatic carbocycles. The van der Waals surface area contributed by atoms with Crippen LogP contribution in [0.5, 0.6) is 0 Å². The minimum absolute atomic E-state index is 0.0597. The van der Waals surface area contributed by atoms with Gasteiger partial charge in [-0.15, -0.1) is 0 Å². The van der Waals surface area contributed by atoms with Gasteiger partial charge in [0.15, 0.2) is 0 Å². The van der Waals surface area contributed by atoms with E-state index in [-0.39, 0.29) is 17.6 Å². The van der Waals surface area contributed by atoms with Crippen molar-refractivity contribution in [2.24, 2.45) is 0 Å². The average Bonchev–Trinajstić information content (AvgIpc) is 2.77. The number of methoxy groups -OCH3 is 1. The van der Waals surface area contributed by atoms with E-state index in [1.54, 1.807) is 24.1 Å². The summed E-state index contributed by atoms with van der Waals surface area (Å²) in [6.45, 7) is 1.13. The Morgan fingerprint density at radius 1 is 1.59 bits per heavy atom. The van der Waals surface area contributed by atoms with Crippen LogP contribution in [0.25, 0.3) is 0 Å². The molecule has 1 saturated heterocycles. The quantitative estimate of drug-likeness (QED) is 0.840. The molecule has 1 heterocycles. The number of halogens is 2. The van der Waals surface area contributed by atoms with Gasteiger partial charge in [0.1, 0.15) is 5.82 Å². The van der Waals surface area contributed by atoms with Crippen molar-refractivity contribution in [3.05, 3.63) is 34.1 Å². The van der Waals surface area contributed by atoms with Crippen LogP contribution in [0.2, 0.25) is 0 Å². The molecule has 0 saturated carbocycles. The van der Waals surface area contributed by atoms with Crippen molar-refractivity contribution in [3.8, 4) is 0 Å². The lowest BCUT2D eigenvalue weighted by atomic mass is 10.2. The van der Waals surface area contributed by atoms with Crippen molar-refractivity contribution >= 4 is 21.8 Å². The van der Waals surface area contributed by atoms with Crippen molar-refractivity contribution in [2.75, 3.05) is 20.2 Å². The van der Waals surface area contributed by atoms with E-state index in [9.17, 15) is 9.18 Å². The van der Waals surface area contributed by atoms with Gasteiger partial charge >= 0.3 is 0 Å².